The maximum Gasteiger partial charge on any atom is 0.252 e. The number of H-pyrrole nitrogens is 1. The number of rotatable bonds is 4. The Morgan fingerprint density at radius 1 is 1.56 bits per heavy atom. The van der Waals surface area contributed by atoms with E-state index in [2.05, 4.69) is 34.3 Å². The van der Waals surface area contributed by atoms with Crippen LogP contribution in [0.5, 0.6) is 0 Å². The van der Waals surface area contributed by atoms with Crippen molar-refractivity contribution in [3.8, 4) is 0 Å². The number of aromatic nitrogens is 2. The normalized spacial score (nSPS) is 18.2. The van der Waals surface area contributed by atoms with Gasteiger partial charge in [0, 0.05) is 18.2 Å². The molecule has 1 aliphatic rings. The second-order valence-corrected chi connectivity index (χ2v) is 4.62. The van der Waals surface area contributed by atoms with E-state index in [1.165, 1.54) is 31.7 Å². The van der Waals surface area contributed by atoms with Crippen molar-refractivity contribution in [1.29, 1.82) is 0 Å². The van der Waals surface area contributed by atoms with E-state index in [1.807, 2.05) is 0 Å². The van der Waals surface area contributed by atoms with Gasteiger partial charge in [0.15, 0.2) is 0 Å². The van der Waals surface area contributed by atoms with Crippen molar-refractivity contribution < 1.29 is 0 Å². The zero-order valence-electron chi connectivity index (χ0n) is 9.79. The molecule has 2 rings (SSSR count). The minimum Gasteiger partial charge on any atom is -0.368 e. The lowest BCUT2D eigenvalue weighted by atomic mass is 9.75. The molecule has 5 nitrogen and oxygen atoms in total. The van der Waals surface area contributed by atoms with E-state index < -0.39 is 0 Å². The molecule has 2 N–H and O–H groups in total. The van der Waals surface area contributed by atoms with Crippen LogP contribution in [0.1, 0.15) is 19.3 Å². The molecule has 1 aromatic rings. The summed E-state index contributed by atoms with van der Waals surface area (Å²) in [5.74, 6) is 0.650. The molecule has 0 saturated heterocycles. The Morgan fingerprint density at radius 3 is 2.81 bits per heavy atom. The van der Waals surface area contributed by atoms with Gasteiger partial charge in [0.1, 0.15) is 5.82 Å². The Kier molecular flexibility index (Phi) is 2.96. The minimum absolute atomic E-state index is 0.120. The minimum atomic E-state index is -0.120. The summed E-state index contributed by atoms with van der Waals surface area (Å²) in [7, 11) is 4.21. The standard InChI is InChI=1S/C11H18N4O/c1-15(2)11(4-3-5-11)7-12-9-6-10(16)14-8-13-9/h6,8H,3-5,7H2,1-2H3,(H2,12,13,14,16). The molecule has 0 aliphatic heterocycles. The van der Waals surface area contributed by atoms with Crippen LogP contribution in [-0.4, -0.2) is 41.0 Å². The van der Waals surface area contributed by atoms with Crippen LogP contribution < -0.4 is 10.9 Å². The summed E-state index contributed by atoms with van der Waals surface area (Å²) in [6, 6.07) is 1.49. The highest BCUT2D eigenvalue weighted by atomic mass is 16.1. The molecule has 5 heteroatoms. The molecule has 1 heterocycles. The second kappa shape index (κ2) is 4.25. The van der Waals surface area contributed by atoms with Crippen molar-refractivity contribution in [1.82, 2.24) is 14.9 Å². The van der Waals surface area contributed by atoms with Crippen molar-refractivity contribution in [3.05, 3.63) is 22.7 Å². The predicted molar refractivity (Wildman–Crippen MR) is 63.6 cm³/mol. The fraction of sp³-hybridized carbons (Fsp3) is 0.636. The monoisotopic (exact) mass is 222 g/mol. The third-order valence-corrected chi connectivity index (χ3v) is 3.51. The SMILES string of the molecule is CN(C)C1(CNc2cc(=O)[nH]cn2)CCC1. The van der Waals surface area contributed by atoms with Crippen LogP contribution in [0.4, 0.5) is 5.82 Å². The number of aromatic amines is 1. The number of hydrogen-bond donors (Lipinski definition) is 2. The fourth-order valence-electron chi connectivity index (χ4n) is 2.09. The molecule has 1 aliphatic carbocycles. The Labute approximate surface area is 94.9 Å². The van der Waals surface area contributed by atoms with Gasteiger partial charge in [-0.3, -0.25) is 4.79 Å². The van der Waals surface area contributed by atoms with Gasteiger partial charge in [-0.2, -0.15) is 0 Å². The first kappa shape index (κ1) is 11.1. The molecular formula is C11H18N4O. The molecule has 16 heavy (non-hydrogen) atoms. The van der Waals surface area contributed by atoms with Gasteiger partial charge in [0.05, 0.1) is 6.33 Å². The average Bonchev–Trinajstić information content (AvgIpc) is 2.15. The molecule has 1 aromatic heterocycles. The lowest BCUT2D eigenvalue weighted by Gasteiger charge is -2.47. The van der Waals surface area contributed by atoms with Crippen LogP contribution >= 0.6 is 0 Å². The maximum absolute atomic E-state index is 11.1. The van der Waals surface area contributed by atoms with Gasteiger partial charge >= 0.3 is 0 Å². The zero-order chi connectivity index (χ0) is 11.6. The Morgan fingerprint density at radius 2 is 2.31 bits per heavy atom. The number of nitrogens with zero attached hydrogens (tertiary/aromatic N) is 2. The van der Waals surface area contributed by atoms with E-state index >= 15 is 0 Å². The van der Waals surface area contributed by atoms with Gasteiger partial charge in [-0.25, -0.2) is 4.98 Å². The fourth-order valence-corrected chi connectivity index (χ4v) is 2.09. The summed E-state index contributed by atoms with van der Waals surface area (Å²) in [4.78, 5) is 19.9. The molecule has 0 unspecified atom stereocenters. The highest BCUT2D eigenvalue weighted by Gasteiger charge is 2.38. The summed E-state index contributed by atoms with van der Waals surface area (Å²) in [6.45, 7) is 0.844. The van der Waals surface area contributed by atoms with E-state index in [9.17, 15) is 4.79 Å². The molecule has 0 bridgehead atoms. The van der Waals surface area contributed by atoms with Crippen molar-refractivity contribution in [2.45, 2.75) is 24.8 Å². The predicted octanol–water partition coefficient (Wildman–Crippen LogP) is 0.666. The zero-order valence-corrected chi connectivity index (χ0v) is 9.79. The molecule has 1 fully saturated rings. The Balaban J connectivity index is 1.99. The van der Waals surface area contributed by atoms with Gasteiger partial charge in [-0.1, -0.05) is 0 Å². The summed E-state index contributed by atoms with van der Waals surface area (Å²) in [5, 5.41) is 3.24. The number of hydrogen-bond acceptors (Lipinski definition) is 4. The summed E-state index contributed by atoms with van der Waals surface area (Å²) >= 11 is 0. The summed E-state index contributed by atoms with van der Waals surface area (Å²) < 4.78 is 0. The van der Waals surface area contributed by atoms with Gasteiger partial charge in [0.25, 0.3) is 5.56 Å². The summed E-state index contributed by atoms with van der Waals surface area (Å²) in [6.07, 6.45) is 5.11. The lowest BCUT2D eigenvalue weighted by Crippen LogP contribution is -2.54. The van der Waals surface area contributed by atoms with E-state index in [-0.39, 0.29) is 11.1 Å². The smallest absolute Gasteiger partial charge is 0.252 e. The van der Waals surface area contributed by atoms with E-state index in [0.29, 0.717) is 5.82 Å². The van der Waals surface area contributed by atoms with Crippen LogP contribution in [0.2, 0.25) is 0 Å². The van der Waals surface area contributed by atoms with Gasteiger partial charge in [-0.15, -0.1) is 0 Å². The van der Waals surface area contributed by atoms with Crippen LogP contribution in [0, 0.1) is 0 Å². The topological polar surface area (TPSA) is 61.0 Å². The van der Waals surface area contributed by atoms with Crippen molar-refractivity contribution in [3.63, 3.8) is 0 Å². The van der Waals surface area contributed by atoms with Crippen molar-refractivity contribution in [2.75, 3.05) is 26.0 Å². The lowest BCUT2D eigenvalue weighted by molar-refractivity contribution is 0.0738. The molecule has 0 amide bonds. The van der Waals surface area contributed by atoms with Gasteiger partial charge < -0.3 is 15.2 Å². The van der Waals surface area contributed by atoms with Crippen LogP contribution in [-0.2, 0) is 0 Å². The third-order valence-electron chi connectivity index (χ3n) is 3.51. The molecule has 0 aromatic carbocycles. The van der Waals surface area contributed by atoms with Crippen molar-refractivity contribution in [2.24, 2.45) is 0 Å². The number of anilines is 1. The molecule has 0 atom stereocenters. The maximum atomic E-state index is 11.1. The van der Waals surface area contributed by atoms with Crippen LogP contribution in [0.25, 0.3) is 0 Å². The highest BCUT2D eigenvalue weighted by molar-refractivity contribution is 5.32. The largest absolute Gasteiger partial charge is 0.368 e. The Hall–Kier alpha value is -1.36. The van der Waals surface area contributed by atoms with Gasteiger partial charge in [-0.05, 0) is 33.4 Å². The quantitative estimate of drug-likeness (QED) is 0.786. The van der Waals surface area contributed by atoms with E-state index in [0.717, 1.165) is 6.54 Å². The molecule has 0 radical (unpaired) electrons. The highest BCUT2D eigenvalue weighted by Crippen LogP contribution is 2.35. The second-order valence-electron chi connectivity index (χ2n) is 4.62. The molecular weight excluding hydrogens is 204 g/mol. The first-order valence-electron chi connectivity index (χ1n) is 5.58. The number of nitrogens with one attached hydrogen (secondary N) is 2. The van der Waals surface area contributed by atoms with E-state index in [4.69, 9.17) is 0 Å². The third kappa shape index (κ3) is 2.09. The van der Waals surface area contributed by atoms with E-state index in [1.54, 1.807) is 0 Å². The first-order chi connectivity index (χ1) is 7.62. The molecule has 1 saturated carbocycles. The molecule has 88 valence electrons. The van der Waals surface area contributed by atoms with Crippen LogP contribution in [0.3, 0.4) is 0 Å². The van der Waals surface area contributed by atoms with Crippen molar-refractivity contribution >= 4 is 5.82 Å². The molecule has 0 spiro atoms. The van der Waals surface area contributed by atoms with Gasteiger partial charge in [0.2, 0.25) is 0 Å². The number of likely N-dealkylation sites (N-methyl/N-ethyl adjacent to an activating group) is 1. The Bertz CT molecular complexity index is 408. The first-order valence-corrected chi connectivity index (χ1v) is 5.58. The summed E-state index contributed by atoms with van der Waals surface area (Å²) in [5.41, 5.74) is 0.120. The average molecular weight is 222 g/mol. The van der Waals surface area contributed by atoms with Crippen LogP contribution in [0.15, 0.2) is 17.2 Å².